The molecule has 0 aromatic heterocycles. The summed E-state index contributed by atoms with van der Waals surface area (Å²) >= 11 is 0. The van der Waals surface area contributed by atoms with Gasteiger partial charge in [0, 0.05) is 25.2 Å². The number of nitrogens with two attached hydrogens (primary N) is 1. The van der Waals surface area contributed by atoms with Gasteiger partial charge in [-0.05, 0) is 33.2 Å². The summed E-state index contributed by atoms with van der Waals surface area (Å²) < 4.78 is 0. The third kappa shape index (κ3) is 3.19. The van der Waals surface area contributed by atoms with Crippen LogP contribution in [0.25, 0.3) is 0 Å². The lowest BCUT2D eigenvalue weighted by molar-refractivity contribution is -0.139. The van der Waals surface area contributed by atoms with E-state index >= 15 is 0 Å². The van der Waals surface area contributed by atoms with E-state index in [0.717, 1.165) is 19.5 Å². The summed E-state index contributed by atoms with van der Waals surface area (Å²) in [4.78, 5) is 16.7. The number of carbonyl (C=O) groups excluding carboxylic acids is 1. The van der Waals surface area contributed by atoms with Crippen molar-refractivity contribution in [3.63, 3.8) is 0 Å². The van der Waals surface area contributed by atoms with E-state index in [1.54, 1.807) is 0 Å². The van der Waals surface area contributed by atoms with Gasteiger partial charge in [-0.1, -0.05) is 13.8 Å². The zero-order chi connectivity index (χ0) is 13.2. The smallest absolute Gasteiger partial charge is 0.241 e. The topological polar surface area (TPSA) is 49.6 Å². The Hall–Kier alpha value is -0.610. The summed E-state index contributed by atoms with van der Waals surface area (Å²) in [6.07, 6.45) is 0.998. The van der Waals surface area contributed by atoms with Crippen molar-refractivity contribution in [1.82, 2.24) is 9.80 Å². The molecule has 0 aliphatic carbocycles. The summed E-state index contributed by atoms with van der Waals surface area (Å²) in [5.41, 5.74) is 5.68. The Morgan fingerprint density at radius 1 is 1.47 bits per heavy atom. The third-order valence-corrected chi connectivity index (χ3v) is 3.66. The molecule has 0 bridgehead atoms. The minimum Gasteiger partial charge on any atom is -0.336 e. The van der Waals surface area contributed by atoms with Crippen molar-refractivity contribution in [2.45, 2.75) is 45.7 Å². The van der Waals surface area contributed by atoms with E-state index in [2.05, 4.69) is 32.6 Å². The van der Waals surface area contributed by atoms with Crippen molar-refractivity contribution in [2.75, 3.05) is 26.7 Å². The minimum absolute atomic E-state index is 0.0699. The Morgan fingerprint density at radius 3 is 2.53 bits per heavy atom. The largest absolute Gasteiger partial charge is 0.336 e. The molecule has 1 heterocycles. The van der Waals surface area contributed by atoms with Crippen LogP contribution in [0.4, 0.5) is 0 Å². The van der Waals surface area contributed by atoms with Crippen molar-refractivity contribution in [3.8, 4) is 0 Å². The maximum absolute atomic E-state index is 12.5. The number of amides is 1. The van der Waals surface area contributed by atoms with E-state index < -0.39 is 0 Å². The summed E-state index contributed by atoms with van der Waals surface area (Å²) in [6.45, 7) is 10.7. The molecule has 0 aromatic carbocycles. The molecular formula is C13H27N3O. The van der Waals surface area contributed by atoms with Crippen LogP contribution in [-0.4, -0.2) is 54.0 Å². The highest BCUT2D eigenvalue weighted by Crippen LogP contribution is 2.26. The van der Waals surface area contributed by atoms with Crippen molar-refractivity contribution < 1.29 is 4.79 Å². The van der Waals surface area contributed by atoms with Crippen LogP contribution in [0.5, 0.6) is 0 Å². The van der Waals surface area contributed by atoms with Gasteiger partial charge in [0.15, 0.2) is 0 Å². The summed E-state index contributed by atoms with van der Waals surface area (Å²) in [5, 5.41) is 0. The Bertz CT molecular complexity index is 276. The van der Waals surface area contributed by atoms with Crippen LogP contribution in [0.1, 0.15) is 34.1 Å². The number of rotatable bonds is 3. The maximum Gasteiger partial charge on any atom is 0.241 e. The fourth-order valence-corrected chi connectivity index (χ4v) is 2.39. The van der Waals surface area contributed by atoms with Crippen LogP contribution in [0.3, 0.4) is 0 Å². The Labute approximate surface area is 105 Å². The van der Waals surface area contributed by atoms with Crippen molar-refractivity contribution in [1.29, 1.82) is 0 Å². The maximum atomic E-state index is 12.5. The first-order chi connectivity index (χ1) is 7.79. The monoisotopic (exact) mass is 241 g/mol. The van der Waals surface area contributed by atoms with E-state index in [0.29, 0.717) is 12.5 Å². The van der Waals surface area contributed by atoms with Crippen LogP contribution in [0.15, 0.2) is 0 Å². The van der Waals surface area contributed by atoms with E-state index in [1.165, 1.54) is 0 Å². The van der Waals surface area contributed by atoms with Gasteiger partial charge in [0.05, 0.1) is 0 Å². The van der Waals surface area contributed by atoms with Gasteiger partial charge in [0.2, 0.25) is 5.91 Å². The molecule has 0 aromatic rings. The van der Waals surface area contributed by atoms with Crippen molar-refractivity contribution in [3.05, 3.63) is 0 Å². The van der Waals surface area contributed by atoms with Gasteiger partial charge >= 0.3 is 0 Å². The van der Waals surface area contributed by atoms with Crippen molar-refractivity contribution >= 4 is 5.91 Å². The van der Waals surface area contributed by atoms with Gasteiger partial charge in [-0.3, -0.25) is 9.69 Å². The normalized spacial score (nSPS) is 26.4. The Morgan fingerprint density at radius 2 is 2.06 bits per heavy atom. The molecule has 2 N–H and O–H groups in total. The quantitative estimate of drug-likeness (QED) is 0.799. The molecule has 4 nitrogen and oxygen atoms in total. The zero-order valence-corrected chi connectivity index (χ0v) is 11.9. The van der Waals surface area contributed by atoms with Gasteiger partial charge in [-0.2, -0.15) is 0 Å². The number of hydrogen-bond donors (Lipinski definition) is 1. The molecule has 1 unspecified atom stereocenters. The molecule has 100 valence electrons. The van der Waals surface area contributed by atoms with Crippen molar-refractivity contribution in [2.24, 2.45) is 11.7 Å². The van der Waals surface area contributed by atoms with Crippen LogP contribution in [0.2, 0.25) is 0 Å². The second kappa shape index (κ2) is 5.36. The average molecular weight is 241 g/mol. The predicted octanol–water partition coefficient (Wildman–Crippen LogP) is 0.912. The van der Waals surface area contributed by atoms with Gasteiger partial charge in [0.1, 0.15) is 6.04 Å². The molecular weight excluding hydrogens is 214 g/mol. The Kier molecular flexibility index (Phi) is 4.55. The van der Waals surface area contributed by atoms with E-state index in [1.807, 2.05) is 11.9 Å². The second-order valence-electron chi connectivity index (χ2n) is 6.14. The van der Waals surface area contributed by atoms with E-state index in [9.17, 15) is 4.79 Å². The molecule has 1 fully saturated rings. The molecule has 0 radical (unpaired) electrons. The molecule has 0 spiro atoms. The number of carbonyl (C=O) groups is 1. The lowest BCUT2D eigenvalue weighted by atomic mass is 9.97. The number of nitrogens with zero attached hydrogens (tertiary/aromatic N) is 2. The fraction of sp³-hybridized carbons (Fsp3) is 0.923. The number of hydrogen-bond acceptors (Lipinski definition) is 3. The highest BCUT2D eigenvalue weighted by atomic mass is 16.2. The molecule has 1 saturated heterocycles. The molecule has 1 aliphatic rings. The summed E-state index contributed by atoms with van der Waals surface area (Å²) in [7, 11) is 1.99. The lowest BCUT2D eigenvalue weighted by Crippen LogP contribution is -2.54. The average Bonchev–Trinajstić information content (AvgIpc) is 2.29. The summed E-state index contributed by atoms with van der Waals surface area (Å²) in [5.74, 6) is 0.672. The van der Waals surface area contributed by atoms with Crippen LogP contribution >= 0.6 is 0 Å². The minimum atomic E-state index is -0.157. The Balaban J connectivity index is 2.98. The zero-order valence-electron chi connectivity index (χ0n) is 11.9. The number of likely N-dealkylation sites (N-methyl/N-ethyl adjacent to an activating group) is 1. The molecule has 1 aliphatic heterocycles. The van der Waals surface area contributed by atoms with Crippen LogP contribution in [0, 0.1) is 5.92 Å². The first kappa shape index (κ1) is 14.5. The summed E-state index contributed by atoms with van der Waals surface area (Å²) in [6, 6.07) is -0.157. The van der Waals surface area contributed by atoms with E-state index in [-0.39, 0.29) is 17.5 Å². The van der Waals surface area contributed by atoms with Gasteiger partial charge in [-0.15, -0.1) is 0 Å². The predicted molar refractivity (Wildman–Crippen MR) is 70.7 cm³/mol. The third-order valence-electron chi connectivity index (χ3n) is 3.66. The molecule has 0 saturated carbocycles. The molecule has 1 rings (SSSR count). The molecule has 1 atom stereocenters. The lowest BCUT2D eigenvalue weighted by Gasteiger charge is -2.39. The van der Waals surface area contributed by atoms with Gasteiger partial charge in [-0.25, -0.2) is 0 Å². The van der Waals surface area contributed by atoms with Crippen LogP contribution in [-0.2, 0) is 4.79 Å². The van der Waals surface area contributed by atoms with E-state index in [4.69, 9.17) is 5.73 Å². The second-order valence-corrected chi connectivity index (χ2v) is 6.14. The molecule has 17 heavy (non-hydrogen) atoms. The van der Waals surface area contributed by atoms with Gasteiger partial charge < -0.3 is 10.6 Å². The standard InChI is InChI=1S/C13H27N3O/c1-10(2)9-16-12(17)11(8-14)15(5)7-6-13(16,3)4/h10-11H,6-9,14H2,1-5H3. The van der Waals surface area contributed by atoms with Gasteiger partial charge in [0.25, 0.3) is 0 Å². The highest BCUT2D eigenvalue weighted by Gasteiger charge is 2.39. The SMILES string of the molecule is CC(C)CN1C(=O)C(CN)N(C)CCC1(C)C. The molecule has 4 heteroatoms. The highest BCUT2D eigenvalue weighted by molar-refractivity contribution is 5.83. The molecule has 1 amide bonds. The first-order valence-electron chi connectivity index (χ1n) is 6.51. The first-order valence-corrected chi connectivity index (χ1v) is 6.51. The van der Waals surface area contributed by atoms with Crippen LogP contribution < -0.4 is 5.73 Å². The fourth-order valence-electron chi connectivity index (χ4n) is 2.39.